The molecular formula is C15H12Cl2N6O2S. The minimum atomic E-state index is -3.83. The molecule has 134 valence electrons. The molecule has 0 aliphatic carbocycles. The highest BCUT2D eigenvalue weighted by Gasteiger charge is 2.14. The number of hydrazone groups is 1. The van der Waals surface area contributed by atoms with Crippen LogP contribution in [0.1, 0.15) is 0 Å². The fourth-order valence-electron chi connectivity index (χ4n) is 1.75. The Labute approximate surface area is 159 Å². The number of nitrogens with zero attached hydrogens (tertiary/aromatic N) is 2. The molecule has 0 fully saturated rings. The van der Waals surface area contributed by atoms with Crippen LogP contribution in [0.15, 0.2) is 52.5 Å². The molecule has 0 radical (unpaired) electrons. The molecule has 0 spiro atoms. The van der Waals surface area contributed by atoms with Gasteiger partial charge in [0.25, 0.3) is 10.0 Å². The van der Waals surface area contributed by atoms with Crippen molar-refractivity contribution in [1.29, 1.82) is 10.7 Å². The number of sulfonamides is 1. The average Bonchev–Trinajstić information content (AvgIpc) is 2.58. The fraction of sp³-hybridized carbons (Fsp3) is 0. The summed E-state index contributed by atoms with van der Waals surface area (Å²) < 4.78 is 27.2. The molecule has 0 aliphatic heterocycles. The van der Waals surface area contributed by atoms with E-state index in [1.165, 1.54) is 42.5 Å². The van der Waals surface area contributed by atoms with E-state index in [9.17, 15) is 8.42 Å². The van der Waals surface area contributed by atoms with E-state index < -0.39 is 15.9 Å². The van der Waals surface area contributed by atoms with Crippen LogP contribution >= 0.6 is 23.2 Å². The molecule has 0 saturated heterocycles. The number of halogens is 2. The van der Waals surface area contributed by atoms with E-state index in [1.807, 2.05) is 0 Å². The Morgan fingerprint density at radius 1 is 1.12 bits per heavy atom. The second-order valence-corrected chi connectivity index (χ2v) is 7.35. The van der Waals surface area contributed by atoms with Crippen LogP contribution in [0.25, 0.3) is 0 Å². The molecular weight excluding hydrogens is 399 g/mol. The zero-order valence-electron chi connectivity index (χ0n) is 13.0. The molecule has 2 aromatic carbocycles. The van der Waals surface area contributed by atoms with Crippen LogP contribution in [-0.4, -0.2) is 20.0 Å². The van der Waals surface area contributed by atoms with Crippen molar-refractivity contribution in [2.45, 2.75) is 4.90 Å². The van der Waals surface area contributed by atoms with Crippen molar-refractivity contribution >= 4 is 56.1 Å². The van der Waals surface area contributed by atoms with Crippen molar-refractivity contribution in [2.24, 2.45) is 10.8 Å². The number of nitriles is 1. The van der Waals surface area contributed by atoms with Gasteiger partial charge in [0.2, 0.25) is 5.71 Å². The van der Waals surface area contributed by atoms with Crippen molar-refractivity contribution in [3.05, 3.63) is 52.5 Å². The summed E-state index contributed by atoms with van der Waals surface area (Å²) in [7, 11) is -3.83. The third kappa shape index (κ3) is 4.86. The summed E-state index contributed by atoms with van der Waals surface area (Å²) in [4.78, 5) is 0.00479. The molecule has 0 unspecified atom stereocenters. The highest BCUT2D eigenvalue weighted by atomic mass is 35.5. The van der Waals surface area contributed by atoms with E-state index in [0.717, 1.165) is 0 Å². The van der Waals surface area contributed by atoms with Crippen LogP contribution in [0, 0.1) is 16.7 Å². The van der Waals surface area contributed by atoms with E-state index >= 15 is 0 Å². The highest BCUT2D eigenvalue weighted by molar-refractivity contribution is 7.92. The minimum Gasteiger partial charge on any atom is -0.382 e. The van der Waals surface area contributed by atoms with E-state index in [2.05, 4.69) is 15.2 Å². The maximum Gasteiger partial charge on any atom is 0.261 e. The summed E-state index contributed by atoms with van der Waals surface area (Å²) in [6, 6.07) is 11.6. The molecule has 0 aliphatic rings. The Kier molecular flexibility index (Phi) is 6.05. The number of anilines is 2. The molecule has 11 heteroatoms. The smallest absolute Gasteiger partial charge is 0.261 e. The maximum absolute atomic E-state index is 12.4. The number of benzene rings is 2. The van der Waals surface area contributed by atoms with Crippen LogP contribution in [-0.2, 0) is 10.0 Å². The number of amidine groups is 1. The van der Waals surface area contributed by atoms with Gasteiger partial charge in [-0.05, 0) is 42.5 Å². The summed E-state index contributed by atoms with van der Waals surface area (Å²) >= 11 is 11.7. The van der Waals surface area contributed by atoms with Gasteiger partial charge in [-0.2, -0.15) is 10.4 Å². The predicted octanol–water partition coefficient (Wildman–Crippen LogP) is 3.02. The first kappa shape index (κ1) is 19.5. The molecule has 0 bridgehead atoms. The molecule has 0 saturated carbocycles. The molecule has 0 heterocycles. The monoisotopic (exact) mass is 410 g/mol. The molecule has 8 nitrogen and oxygen atoms in total. The van der Waals surface area contributed by atoms with Crippen LogP contribution in [0.3, 0.4) is 0 Å². The Bertz CT molecular complexity index is 1010. The Morgan fingerprint density at radius 3 is 2.27 bits per heavy atom. The first-order chi connectivity index (χ1) is 12.2. The average molecular weight is 411 g/mol. The van der Waals surface area contributed by atoms with Crippen LogP contribution in [0.4, 0.5) is 11.4 Å². The van der Waals surface area contributed by atoms with Gasteiger partial charge in [-0.15, -0.1) is 0 Å². The number of nitrogens with one attached hydrogen (secondary N) is 3. The van der Waals surface area contributed by atoms with Gasteiger partial charge in [0.1, 0.15) is 6.07 Å². The minimum absolute atomic E-state index is 0.00479. The second-order valence-electron chi connectivity index (χ2n) is 4.86. The van der Waals surface area contributed by atoms with Gasteiger partial charge in [-0.3, -0.25) is 15.6 Å². The van der Waals surface area contributed by atoms with Gasteiger partial charge in [0.15, 0.2) is 5.84 Å². The maximum atomic E-state index is 12.4. The number of nitrogens with two attached hydrogens (primary N) is 1. The molecule has 0 atom stereocenters. The van der Waals surface area contributed by atoms with Crippen LogP contribution in [0.5, 0.6) is 0 Å². The van der Waals surface area contributed by atoms with Crippen LogP contribution < -0.4 is 15.9 Å². The lowest BCUT2D eigenvalue weighted by atomic mass is 10.3. The summed E-state index contributed by atoms with van der Waals surface area (Å²) in [5.74, 6) is -0.481. The molecule has 2 aromatic rings. The van der Waals surface area contributed by atoms with Crippen LogP contribution in [0.2, 0.25) is 10.0 Å². The van der Waals surface area contributed by atoms with Gasteiger partial charge < -0.3 is 5.73 Å². The molecule has 0 amide bonds. The topological polar surface area (TPSA) is 144 Å². The summed E-state index contributed by atoms with van der Waals surface area (Å²) in [5.41, 5.74) is 8.08. The van der Waals surface area contributed by atoms with Gasteiger partial charge in [0, 0.05) is 0 Å². The molecule has 0 aromatic heterocycles. The molecule has 5 N–H and O–H groups in total. The zero-order valence-corrected chi connectivity index (χ0v) is 15.3. The lowest BCUT2D eigenvalue weighted by Gasteiger charge is -2.09. The summed E-state index contributed by atoms with van der Waals surface area (Å²) in [6.45, 7) is 0. The fourth-order valence-corrected chi connectivity index (χ4v) is 3.10. The lowest BCUT2D eigenvalue weighted by Crippen LogP contribution is -2.21. The first-order valence-corrected chi connectivity index (χ1v) is 9.13. The van der Waals surface area contributed by atoms with Crippen molar-refractivity contribution in [1.82, 2.24) is 0 Å². The summed E-state index contributed by atoms with van der Waals surface area (Å²) in [5, 5.41) is 20.1. The lowest BCUT2D eigenvalue weighted by molar-refractivity contribution is 0.601. The van der Waals surface area contributed by atoms with Crippen molar-refractivity contribution < 1.29 is 8.42 Å². The van der Waals surface area contributed by atoms with Gasteiger partial charge in [-0.25, -0.2) is 8.42 Å². The van der Waals surface area contributed by atoms with Gasteiger partial charge in [-0.1, -0.05) is 23.2 Å². The SMILES string of the molecule is N#C/C(=N\Nc1ccc(S(=O)(=O)Nc2ccc(Cl)c(Cl)c2)cc1)C(=N)N. The van der Waals surface area contributed by atoms with E-state index in [0.29, 0.717) is 10.7 Å². The van der Waals surface area contributed by atoms with Crippen molar-refractivity contribution in [3.8, 4) is 6.07 Å². The number of hydrogen-bond donors (Lipinski definition) is 4. The predicted molar refractivity (Wildman–Crippen MR) is 102 cm³/mol. The van der Waals surface area contributed by atoms with E-state index in [4.69, 9.17) is 39.6 Å². The first-order valence-electron chi connectivity index (χ1n) is 6.89. The zero-order chi connectivity index (χ0) is 19.3. The van der Waals surface area contributed by atoms with Gasteiger partial charge >= 0.3 is 0 Å². The highest BCUT2D eigenvalue weighted by Crippen LogP contribution is 2.26. The summed E-state index contributed by atoms with van der Waals surface area (Å²) in [6.07, 6.45) is 0. The normalized spacial score (nSPS) is 11.5. The largest absolute Gasteiger partial charge is 0.382 e. The molecule has 26 heavy (non-hydrogen) atoms. The quantitative estimate of drug-likeness (QED) is 0.328. The van der Waals surface area contributed by atoms with Gasteiger partial charge in [0.05, 0.1) is 26.3 Å². The number of hydrogen-bond acceptors (Lipinski definition) is 6. The Morgan fingerprint density at radius 2 is 1.73 bits per heavy atom. The third-order valence-corrected chi connectivity index (χ3v) is 5.13. The molecule has 2 rings (SSSR count). The van der Waals surface area contributed by atoms with Crippen molar-refractivity contribution in [2.75, 3.05) is 10.1 Å². The Balaban J connectivity index is 2.17. The second kappa shape index (κ2) is 8.05. The standard InChI is InChI=1S/C15H12Cl2N6O2S/c16-12-6-3-10(7-13(12)17)23-26(24,25)11-4-1-9(2-5-11)21-22-14(8-18)15(19)20/h1-7,21,23H,(H3,19,20)/b22-14+. The third-order valence-electron chi connectivity index (χ3n) is 2.99. The van der Waals surface area contributed by atoms with E-state index in [-0.39, 0.29) is 21.3 Å². The van der Waals surface area contributed by atoms with Crippen molar-refractivity contribution in [3.63, 3.8) is 0 Å². The Hall–Kier alpha value is -2.80. The number of rotatable bonds is 6. The van der Waals surface area contributed by atoms with E-state index in [1.54, 1.807) is 6.07 Å².